The lowest BCUT2D eigenvalue weighted by Crippen LogP contribution is -2.16. The van der Waals surface area contributed by atoms with E-state index in [1.165, 1.54) is 11.1 Å². The smallest absolute Gasteiger partial charge is 0.228 e. The Hall–Kier alpha value is -2.29. The van der Waals surface area contributed by atoms with Crippen LogP contribution in [0.25, 0.3) is 0 Å². The van der Waals surface area contributed by atoms with Crippen LogP contribution in [0.2, 0.25) is 0 Å². The van der Waals surface area contributed by atoms with Gasteiger partial charge in [-0.15, -0.1) is 0 Å². The van der Waals surface area contributed by atoms with E-state index in [0.29, 0.717) is 0 Å². The maximum Gasteiger partial charge on any atom is 0.228 e. The Morgan fingerprint density at radius 2 is 1.59 bits per heavy atom. The summed E-state index contributed by atoms with van der Waals surface area (Å²) in [4.78, 5) is 12.1. The van der Waals surface area contributed by atoms with Crippen LogP contribution in [-0.4, -0.2) is 5.91 Å². The summed E-state index contributed by atoms with van der Waals surface area (Å²) in [5, 5.41) is 3.00. The van der Waals surface area contributed by atoms with E-state index in [1.807, 2.05) is 36.4 Å². The first-order valence-electron chi connectivity index (χ1n) is 7.68. The molecule has 1 atom stereocenters. The Kier molecular flexibility index (Phi) is 3.65. The summed E-state index contributed by atoms with van der Waals surface area (Å²) in [5.74, 6) is 0.290. The molecule has 3 rings (SSSR count). The van der Waals surface area contributed by atoms with Gasteiger partial charge in [0.1, 0.15) is 0 Å². The predicted molar refractivity (Wildman–Crippen MR) is 90.6 cm³/mol. The number of nitrogen functional groups attached to an aromatic ring is 1. The molecular formula is C19H22N2O. The topological polar surface area (TPSA) is 55.1 Å². The van der Waals surface area contributed by atoms with Crippen LogP contribution >= 0.6 is 0 Å². The normalized spacial score (nSPS) is 18.7. The van der Waals surface area contributed by atoms with Crippen LogP contribution in [0.3, 0.4) is 0 Å². The number of hydrogen-bond donors (Lipinski definition) is 2. The van der Waals surface area contributed by atoms with Crippen molar-refractivity contribution in [1.29, 1.82) is 0 Å². The molecule has 0 saturated heterocycles. The molecule has 0 spiro atoms. The number of anilines is 2. The molecule has 1 aliphatic carbocycles. The predicted octanol–water partition coefficient (Wildman–Crippen LogP) is 3.84. The number of benzene rings is 2. The molecule has 1 unspecified atom stereocenters. The van der Waals surface area contributed by atoms with E-state index in [2.05, 4.69) is 31.3 Å². The molecule has 1 fully saturated rings. The number of hydrogen-bond acceptors (Lipinski definition) is 2. The fourth-order valence-electron chi connectivity index (χ4n) is 2.72. The summed E-state index contributed by atoms with van der Waals surface area (Å²) in [6.45, 7) is 4.26. The summed E-state index contributed by atoms with van der Waals surface area (Å²) >= 11 is 0. The standard InChI is InChI=1S/C19H22N2O/c1-19(2)12-17(19)18(22)21-16-9-5-14(6-10-16)11-13-3-7-15(20)8-4-13/h3-10,17H,11-12,20H2,1-2H3,(H,21,22). The number of amides is 1. The second-order valence-electron chi connectivity index (χ2n) is 6.85. The molecule has 1 saturated carbocycles. The van der Waals surface area contributed by atoms with Crippen molar-refractivity contribution in [3.05, 3.63) is 59.7 Å². The summed E-state index contributed by atoms with van der Waals surface area (Å²) in [5.41, 5.74) is 9.96. The SMILES string of the molecule is CC1(C)CC1C(=O)Nc1ccc(Cc2ccc(N)cc2)cc1. The van der Waals surface area contributed by atoms with Crippen LogP contribution < -0.4 is 11.1 Å². The van der Waals surface area contributed by atoms with Crippen molar-refractivity contribution in [2.75, 3.05) is 11.1 Å². The van der Waals surface area contributed by atoms with Crippen molar-refractivity contribution in [3.63, 3.8) is 0 Å². The van der Waals surface area contributed by atoms with Crippen LogP contribution in [0.4, 0.5) is 11.4 Å². The largest absolute Gasteiger partial charge is 0.399 e. The van der Waals surface area contributed by atoms with Crippen LogP contribution in [-0.2, 0) is 11.2 Å². The highest BCUT2D eigenvalue weighted by Gasteiger charge is 2.50. The monoisotopic (exact) mass is 294 g/mol. The summed E-state index contributed by atoms with van der Waals surface area (Å²) in [6, 6.07) is 16.0. The first kappa shape index (κ1) is 14.6. The summed E-state index contributed by atoms with van der Waals surface area (Å²) < 4.78 is 0. The molecule has 0 bridgehead atoms. The van der Waals surface area contributed by atoms with Gasteiger partial charge in [0.2, 0.25) is 5.91 Å². The Balaban J connectivity index is 1.60. The van der Waals surface area contributed by atoms with Gasteiger partial charge in [-0.1, -0.05) is 38.1 Å². The number of rotatable bonds is 4. The van der Waals surface area contributed by atoms with Gasteiger partial charge in [0.15, 0.2) is 0 Å². The Labute approximate surface area is 131 Å². The number of carbonyl (C=O) groups is 1. The first-order valence-corrected chi connectivity index (χ1v) is 7.68. The van der Waals surface area contributed by atoms with Crippen LogP contribution in [0, 0.1) is 11.3 Å². The van der Waals surface area contributed by atoms with Crippen molar-refractivity contribution in [2.45, 2.75) is 26.7 Å². The second kappa shape index (κ2) is 5.48. The Morgan fingerprint density at radius 3 is 2.09 bits per heavy atom. The van der Waals surface area contributed by atoms with Gasteiger partial charge in [0, 0.05) is 17.3 Å². The van der Waals surface area contributed by atoms with Gasteiger partial charge in [-0.2, -0.15) is 0 Å². The second-order valence-corrected chi connectivity index (χ2v) is 6.85. The molecule has 1 aliphatic rings. The minimum absolute atomic E-state index is 0.135. The highest BCUT2D eigenvalue weighted by atomic mass is 16.2. The lowest BCUT2D eigenvalue weighted by atomic mass is 10.0. The lowest BCUT2D eigenvalue weighted by Gasteiger charge is -2.08. The molecular weight excluding hydrogens is 272 g/mol. The maximum absolute atomic E-state index is 12.1. The fraction of sp³-hybridized carbons (Fsp3) is 0.316. The molecule has 1 amide bonds. The number of carbonyl (C=O) groups excluding carboxylic acids is 1. The van der Waals surface area contributed by atoms with Gasteiger partial charge >= 0.3 is 0 Å². The first-order chi connectivity index (χ1) is 10.4. The number of nitrogens with one attached hydrogen (secondary N) is 1. The van der Waals surface area contributed by atoms with Crippen LogP contribution in [0.1, 0.15) is 31.4 Å². The molecule has 2 aromatic rings. The summed E-state index contributed by atoms with van der Waals surface area (Å²) in [7, 11) is 0. The molecule has 0 heterocycles. The zero-order chi connectivity index (χ0) is 15.7. The Morgan fingerprint density at radius 1 is 1.09 bits per heavy atom. The van der Waals surface area contributed by atoms with Gasteiger partial charge in [-0.3, -0.25) is 4.79 Å². The van der Waals surface area contributed by atoms with Crippen molar-refractivity contribution < 1.29 is 4.79 Å². The van der Waals surface area contributed by atoms with E-state index in [4.69, 9.17) is 5.73 Å². The highest BCUT2D eigenvalue weighted by Crippen LogP contribution is 2.51. The van der Waals surface area contributed by atoms with E-state index < -0.39 is 0 Å². The third-order valence-electron chi connectivity index (χ3n) is 4.44. The van der Waals surface area contributed by atoms with E-state index >= 15 is 0 Å². The molecule has 0 aromatic heterocycles. The van der Waals surface area contributed by atoms with Crippen molar-refractivity contribution >= 4 is 17.3 Å². The third-order valence-corrected chi connectivity index (χ3v) is 4.44. The average molecular weight is 294 g/mol. The quantitative estimate of drug-likeness (QED) is 0.842. The average Bonchev–Trinajstić information content (AvgIpc) is 3.13. The van der Waals surface area contributed by atoms with E-state index in [-0.39, 0.29) is 17.2 Å². The minimum Gasteiger partial charge on any atom is -0.399 e. The zero-order valence-corrected chi connectivity index (χ0v) is 13.1. The van der Waals surface area contributed by atoms with Crippen LogP contribution in [0.5, 0.6) is 0 Å². The third kappa shape index (κ3) is 3.30. The Bertz CT molecular complexity index is 672. The molecule has 0 aliphatic heterocycles. The van der Waals surface area contributed by atoms with Gasteiger partial charge < -0.3 is 11.1 Å². The zero-order valence-electron chi connectivity index (χ0n) is 13.1. The molecule has 22 heavy (non-hydrogen) atoms. The van der Waals surface area contributed by atoms with Gasteiger partial charge in [0.05, 0.1) is 0 Å². The molecule has 0 radical (unpaired) electrons. The van der Waals surface area contributed by atoms with Gasteiger partial charge in [-0.25, -0.2) is 0 Å². The number of nitrogens with two attached hydrogens (primary N) is 1. The minimum atomic E-state index is 0.135. The molecule has 114 valence electrons. The lowest BCUT2D eigenvalue weighted by molar-refractivity contribution is -0.118. The van der Waals surface area contributed by atoms with Crippen molar-refractivity contribution in [3.8, 4) is 0 Å². The summed E-state index contributed by atoms with van der Waals surface area (Å²) in [6.07, 6.45) is 1.85. The van der Waals surface area contributed by atoms with Crippen LogP contribution in [0.15, 0.2) is 48.5 Å². The van der Waals surface area contributed by atoms with Gasteiger partial charge in [0.25, 0.3) is 0 Å². The van der Waals surface area contributed by atoms with Crippen molar-refractivity contribution in [1.82, 2.24) is 0 Å². The molecule has 3 nitrogen and oxygen atoms in total. The maximum atomic E-state index is 12.1. The highest BCUT2D eigenvalue weighted by molar-refractivity contribution is 5.94. The molecule has 3 N–H and O–H groups in total. The van der Waals surface area contributed by atoms with E-state index in [0.717, 1.165) is 24.2 Å². The fourth-order valence-corrected chi connectivity index (χ4v) is 2.72. The molecule has 2 aromatic carbocycles. The van der Waals surface area contributed by atoms with E-state index in [1.54, 1.807) is 0 Å². The van der Waals surface area contributed by atoms with Crippen molar-refractivity contribution in [2.24, 2.45) is 11.3 Å². The van der Waals surface area contributed by atoms with E-state index in [9.17, 15) is 4.79 Å². The van der Waals surface area contributed by atoms with Gasteiger partial charge in [-0.05, 0) is 53.6 Å². The molecule has 3 heteroatoms.